The van der Waals surface area contributed by atoms with Crippen LogP contribution < -0.4 is 11.0 Å². The van der Waals surface area contributed by atoms with Crippen molar-refractivity contribution in [1.29, 1.82) is 0 Å². The van der Waals surface area contributed by atoms with E-state index in [4.69, 9.17) is 27.6 Å². The minimum Gasteiger partial charge on any atom is -0.463 e. The molecule has 0 unspecified atom stereocenters. The highest BCUT2D eigenvalue weighted by molar-refractivity contribution is 6.42. The van der Waals surface area contributed by atoms with E-state index < -0.39 is 11.5 Å². The van der Waals surface area contributed by atoms with Crippen LogP contribution in [-0.2, 0) is 6.54 Å². The third-order valence-electron chi connectivity index (χ3n) is 3.50. The van der Waals surface area contributed by atoms with Crippen molar-refractivity contribution < 1.29 is 9.21 Å². The number of carbonyl (C=O) groups excluding carboxylic acids is 1. The summed E-state index contributed by atoms with van der Waals surface area (Å²) in [5.41, 5.74) is 2.63. The molecule has 26 heavy (non-hydrogen) atoms. The lowest BCUT2D eigenvalue weighted by atomic mass is 10.2. The molecule has 1 amide bonds. The molecule has 0 radical (unpaired) electrons. The first kappa shape index (κ1) is 18.0. The summed E-state index contributed by atoms with van der Waals surface area (Å²) in [7, 11) is 0. The Morgan fingerprint density at radius 1 is 1.19 bits per heavy atom. The van der Waals surface area contributed by atoms with Crippen LogP contribution in [0.1, 0.15) is 21.7 Å². The third kappa shape index (κ3) is 4.22. The second-order valence-corrected chi connectivity index (χ2v) is 6.13. The van der Waals surface area contributed by atoms with Gasteiger partial charge in [0.15, 0.2) is 0 Å². The molecular formula is C18H13Cl2N3O3. The summed E-state index contributed by atoms with van der Waals surface area (Å²) in [5, 5.41) is 4.60. The fraction of sp³-hybridized carbons (Fsp3) is 0.0556. The molecule has 1 aromatic carbocycles. The number of aromatic nitrogens is 1. The molecule has 0 bridgehead atoms. The summed E-state index contributed by atoms with van der Waals surface area (Å²) in [6, 6.07) is 11.5. The average molecular weight is 390 g/mol. The lowest BCUT2D eigenvalue weighted by Crippen LogP contribution is -2.30. The quantitative estimate of drug-likeness (QED) is 0.535. The number of pyridine rings is 1. The molecule has 132 valence electrons. The summed E-state index contributed by atoms with van der Waals surface area (Å²) < 4.78 is 6.47. The van der Waals surface area contributed by atoms with Gasteiger partial charge in [-0.25, -0.2) is 5.43 Å². The smallest absolute Gasteiger partial charge is 0.276 e. The van der Waals surface area contributed by atoms with Gasteiger partial charge in [0.2, 0.25) is 0 Å². The van der Waals surface area contributed by atoms with Crippen LogP contribution in [0.4, 0.5) is 0 Å². The maximum atomic E-state index is 12.5. The Bertz CT molecular complexity index is 1010. The van der Waals surface area contributed by atoms with Gasteiger partial charge < -0.3 is 8.98 Å². The van der Waals surface area contributed by atoms with Crippen molar-refractivity contribution >= 4 is 35.3 Å². The molecule has 2 aromatic heterocycles. The minimum absolute atomic E-state index is 0.0239. The van der Waals surface area contributed by atoms with Crippen LogP contribution in [0.15, 0.2) is 69.2 Å². The Hall–Kier alpha value is -2.83. The molecule has 3 aromatic rings. The largest absolute Gasteiger partial charge is 0.463 e. The van der Waals surface area contributed by atoms with E-state index in [1.165, 1.54) is 23.1 Å². The second kappa shape index (κ2) is 8.03. The molecule has 0 spiro atoms. The van der Waals surface area contributed by atoms with Crippen LogP contribution in [0, 0.1) is 0 Å². The van der Waals surface area contributed by atoms with Crippen molar-refractivity contribution in [2.24, 2.45) is 5.10 Å². The number of hydrogen-bond acceptors (Lipinski definition) is 4. The van der Waals surface area contributed by atoms with E-state index in [9.17, 15) is 9.59 Å². The van der Waals surface area contributed by atoms with Gasteiger partial charge in [0.1, 0.15) is 11.3 Å². The molecule has 0 aliphatic carbocycles. The number of hydrogen-bond donors (Lipinski definition) is 1. The SMILES string of the molecule is O=C(N/N=C\c1ccco1)c1cccn(Cc2ccc(Cl)c(Cl)c2)c1=O. The Morgan fingerprint density at radius 2 is 2.04 bits per heavy atom. The number of amides is 1. The third-order valence-corrected chi connectivity index (χ3v) is 4.24. The first-order valence-electron chi connectivity index (χ1n) is 7.55. The number of hydrazone groups is 1. The average Bonchev–Trinajstić information content (AvgIpc) is 3.13. The summed E-state index contributed by atoms with van der Waals surface area (Å²) in [6.07, 6.45) is 4.42. The Morgan fingerprint density at radius 3 is 2.77 bits per heavy atom. The Kier molecular flexibility index (Phi) is 5.55. The van der Waals surface area contributed by atoms with E-state index in [1.54, 1.807) is 42.6 Å². The molecule has 3 rings (SSSR count). The molecule has 0 fully saturated rings. The normalized spacial score (nSPS) is 11.0. The Balaban J connectivity index is 1.76. The van der Waals surface area contributed by atoms with Crippen LogP contribution in [0.3, 0.4) is 0 Å². The molecule has 1 N–H and O–H groups in total. The molecule has 6 nitrogen and oxygen atoms in total. The van der Waals surface area contributed by atoms with Crippen molar-refractivity contribution in [3.8, 4) is 0 Å². The number of furan rings is 1. The standard InChI is InChI=1S/C18H13Cl2N3O3/c19-15-6-5-12(9-16(15)20)11-23-7-1-4-14(18(23)25)17(24)22-21-10-13-3-2-8-26-13/h1-10H,11H2,(H,22,24)/b21-10-. The molecule has 0 saturated carbocycles. The fourth-order valence-electron chi connectivity index (χ4n) is 2.25. The van der Waals surface area contributed by atoms with Crippen molar-refractivity contribution in [3.05, 3.63) is 92.2 Å². The lowest BCUT2D eigenvalue weighted by molar-refractivity contribution is 0.0953. The minimum atomic E-state index is -0.610. The molecule has 8 heteroatoms. The van der Waals surface area contributed by atoms with Crippen molar-refractivity contribution in [2.75, 3.05) is 0 Å². The first-order chi connectivity index (χ1) is 12.5. The number of carbonyl (C=O) groups is 1. The van der Waals surface area contributed by atoms with E-state index in [1.807, 2.05) is 0 Å². The highest BCUT2D eigenvalue weighted by Gasteiger charge is 2.12. The van der Waals surface area contributed by atoms with Gasteiger partial charge in [0.05, 0.1) is 29.1 Å². The fourth-order valence-corrected chi connectivity index (χ4v) is 2.57. The molecule has 0 aliphatic heterocycles. The molecule has 2 heterocycles. The second-order valence-electron chi connectivity index (χ2n) is 5.32. The molecule has 0 atom stereocenters. The van der Waals surface area contributed by atoms with Crippen LogP contribution in [0.25, 0.3) is 0 Å². The highest BCUT2D eigenvalue weighted by Crippen LogP contribution is 2.22. The Labute approximate surface area is 158 Å². The van der Waals surface area contributed by atoms with Gasteiger partial charge >= 0.3 is 0 Å². The van der Waals surface area contributed by atoms with Gasteiger partial charge in [-0.3, -0.25) is 9.59 Å². The zero-order valence-corrected chi connectivity index (χ0v) is 14.9. The van der Waals surface area contributed by atoms with Gasteiger partial charge in [-0.1, -0.05) is 29.3 Å². The van der Waals surface area contributed by atoms with Crippen LogP contribution in [0.2, 0.25) is 10.0 Å². The summed E-state index contributed by atoms with van der Waals surface area (Å²) in [5.74, 6) is -0.128. The van der Waals surface area contributed by atoms with Crippen molar-refractivity contribution in [3.63, 3.8) is 0 Å². The van der Waals surface area contributed by atoms with E-state index in [-0.39, 0.29) is 12.1 Å². The van der Waals surface area contributed by atoms with E-state index in [0.717, 1.165) is 5.56 Å². The number of rotatable bonds is 5. The van der Waals surface area contributed by atoms with Crippen molar-refractivity contribution in [2.45, 2.75) is 6.54 Å². The predicted molar refractivity (Wildman–Crippen MR) is 100 cm³/mol. The molecular weight excluding hydrogens is 377 g/mol. The maximum Gasteiger partial charge on any atom is 0.276 e. The number of halogens is 2. The summed E-state index contributed by atoms with van der Waals surface area (Å²) in [4.78, 5) is 24.7. The van der Waals surface area contributed by atoms with Crippen LogP contribution >= 0.6 is 23.2 Å². The molecule has 0 aliphatic rings. The highest BCUT2D eigenvalue weighted by atomic mass is 35.5. The van der Waals surface area contributed by atoms with Gasteiger partial charge in [0.25, 0.3) is 11.5 Å². The zero-order valence-electron chi connectivity index (χ0n) is 13.4. The van der Waals surface area contributed by atoms with Crippen LogP contribution in [0.5, 0.6) is 0 Å². The zero-order chi connectivity index (χ0) is 18.5. The summed E-state index contributed by atoms with van der Waals surface area (Å²) in [6.45, 7) is 0.256. The van der Waals surface area contributed by atoms with E-state index in [2.05, 4.69) is 10.5 Å². The number of benzene rings is 1. The summed E-state index contributed by atoms with van der Waals surface area (Å²) >= 11 is 11.9. The topological polar surface area (TPSA) is 76.6 Å². The van der Waals surface area contributed by atoms with Gasteiger partial charge in [-0.05, 0) is 42.0 Å². The van der Waals surface area contributed by atoms with Crippen molar-refractivity contribution in [1.82, 2.24) is 9.99 Å². The maximum absolute atomic E-state index is 12.5. The predicted octanol–water partition coefficient (Wildman–Crippen LogP) is 3.56. The number of nitrogens with one attached hydrogen (secondary N) is 1. The van der Waals surface area contributed by atoms with Gasteiger partial charge in [-0.15, -0.1) is 0 Å². The van der Waals surface area contributed by atoms with E-state index in [0.29, 0.717) is 15.8 Å². The molecule has 0 saturated heterocycles. The van der Waals surface area contributed by atoms with Crippen LogP contribution in [-0.4, -0.2) is 16.7 Å². The van der Waals surface area contributed by atoms with E-state index >= 15 is 0 Å². The number of nitrogens with zero attached hydrogens (tertiary/aromatic N) is 2. The van der Waals surface area contributed by atoms with Gasteiger partial charge in [-0.2, -0.15) is 5.10 Å². The van der Waals surface area contributed by atoms with Gasteiger partial charge in [0, 0.05) is 6.20 Å². The first-order valence-corrected chi connectivity index (χ1v) is 8.30. The lowest BCUT2D eigenvalue weighted by Gasteiger charge is -2.08. The monoisotopic (exact) mass is 389 g/mol.